The molecular formula is C16H19N5O2. The van der Waals surface area contributed by atoms with E-state index < -0.39 is 0 Å². The van der Waals surface area contributed by atoms with Crippen LogP contribution in [0.5, 0.6) is 6.01 Å². The van der Waals surface area contributed by atoms with E-state index in [2.05, 4.69) is 14.9 Å². The van der Waals surface area contributed by atoms with Gasteiger partial charge >= 0.3 is 6.01 Å². The van der Waals surface area contributed by atoms with Gasteiger partial charge in [0, 0.05) is 19.6 Å². The highest BCUT2D eigenvalue weighted by Crippen LogP contribution is 2.24. The number of nitrogen functional groups attached to an aromatic ring is 1. The van der Waals surface area contributed by atoms with Crippen molar-refractivity contribution in [3.63, 3.8) is 0 Å². The van der Waals surface area contributed by atoms with Crippen molar-refractivity contribution in [3.05, 3.63) is 30.5 Å². The standard InChI is InChI=1S/C16H19N5O2/c17-15-14-11-18-16(23-10-7-20-5-8-22-9-6-20)21(14)13-4-2-1-3-12(13)19-15/h1-4,11H,5-10H2,(H2,17,19). The molecule has 0 unspecified atom stereocenters. The fraction of sp³-hybridized carbons (Fsp3) is 0.375. The molecule has 1 aliphatic rings. The molecular weight excluding hydrogens is 294 g/mol. The quantitative estimate of drug-likeness (QED) is 0.779. The van der Waals surface area contributed by atoms with Crippen LogP contribution in [0, 0.1) is 0 Å². The van der Waals surface area contributed by atoms with Crippen LogP contribution in [0.2, 0.25) is 0 Å². The van der Waals surface area contributed by atoms with E-state index in [1.54, 1.807) is 6.20 Å². The molecule has 7 heteroatoms. The number of para-hydroxylation sites is 2. The van der Waals surface area contributed by atoms with Crippen LogP contribution in [0.25, 0.3) is 16.6 Å². The number of imidazole rings is 1. The summed E-state index contributed by atoms with van der Waals surface area (Å²) in [5.74, 6) is 0.458. The Kier molecular flexibility index (Phi) is 3.72. The number of nitrogens with two attached hydrogens (primary N) is 1. The van der Waals surface area contributed by atoms with E-state index in [9.17, 15) is 0 Å². The summed E-state index contributed by atoms with van der Waals surface area (Å²) in [6.07, 6.45) is 1.71. The maximum Gasteiger partial charge on any atom is 0.301 e. The van der Waals surface area contributed by atoms with Crippen LogP contribution in [0.15, 0.2) is 30.5 Å². The lowest BCUT2D eigenvalue weighted by molar-refractivity contribution is 0.0317. The second kappa shape index (κ2) is 6.02. The van der Waals surface area contributed by atoms with Gasteiger partial charge in [-0.25, -0.2) is 9.97 Å². The predicted octanol–water partition coefficient (Wildman–Crippen LogP) is 1.18. The van der Waals surface area contributed by atoms with Crippen LogP contribution >= 0.6 is 0 Å². The number of benzene rings is 1. The molecule has 3 aromatic rings. The van der Waals surface area contributed by atoms with Gasteiger partial charge < -0.3 is 15.2 Å². The summed E-state index contributed by atoms with van der Waals surface area (Å²) < 4.78 is 13.2. The van der Waals surface area contributed by atoms with E-state index >= 15 is 0 Å². The van der Waals surface area contributed by atoms with Crippen LogP contribution < -0.4 is 10.5 Å². The highest BCUT2D eigenvalue weighted by atomic mass is 16.5. The van der Waals surface area contributed by atoms with Crippen molar-refractivity contribution in [3.8, 4) is 6.01 Å². The number of rotatable bonds is 4. The Morgan fingerprint density at radius 3 is 2.87 bits per heavy atom. The molecule has 1 aliphatic heterocycles. The maximum absolute atomic E-state index is 6.03. The number of fused-ring (bicyclic) bond motifs is 3. The monoisotopic (exact) mass is 313 g/mol. The van der Waals surface area contributed by atoms with Crippen LogP contribution in [-0.2, 0) is 4.74 Å². The highest BCUT2D eigenvalue weighted by Gasteiger charge is 2.14. The topological polar surface area (TPSA) is 77.9 Å². The molecule has 2 aromatic heterocycles. The van der Waals surface area contributed by atoms with Crippen molar-refractivity contribution in [1.29, 1.82) is 0 Å². The third kappa shape index (κ3) is 2.69. The van der Waals surface area contributed by atoms with E-state index in [4.69, 9.17) is 15.2 Å². The summed E-state index contributed by atoms with van der Waals surface area (Å²) in [7, 11) is 0. The third-order valence-corrected chi connectivity index (χ3v) is 4.10. The van der Waals surface area contributed by atoms with Gasteiger partial charge in [0.15, 0.2) is 0 Å². The van der Waals surface area contributed by atoms with Crippen LogP contribution in [0.4, 0.5) is 5.82 Å². The molecule has 0 amide bonds. The van der Waals surface area contributed by atoms with Gasteiger partial charge in [0.2, 0.25) is 0 Å². The zero-order chi connectivity index (χ0) is 15.6. The molecule has 0 radical (unpaired) electrons. The molecule has 120 valence electrons. The molecule has 2 N–H and O–H groups in total. The van der Waals surface area contributed by atoms with Crippen molar-refractivity contribution < 1.29 is 9.47 Å². The molecule has 0 spiro atoms. The van der Waals surface area contributed by atoms with E-state index in [0.717, 1.165) is 49.4 Å². The zero-order valence-electron chi connectivity index (χ0n) is 12.8. The van der Waals surface area contributed by atoms with Gasteiger partial charge in [-0.3, -0.25) is 9.30 Å². The number of hydrogen-bond donors (Lipinski definition) is 1. The Morgan fingerprint density at radius 2 is 2.00 bits per heavy atom. The van der Waals surface area contributed by atoms with E-state index in [0.29, 0.717) is 18.4 Å². The van der Waals surface area contributed by atoms with E-state index in [1.165, 1.54) is 0 Å². The van der Waals surface area contributed by atoms with Crippen LogP contribution in [0.3, 0.4) is 0 Å². The molecule has 1 fully saturated rings. The summed E-state index contributed by atoms with van der Waals surface area (Å²) in [6, 6.07) is 8.39. The zero-order valence-corrected chi connectivity index (χ0v) is 12.8. The minimum atomic E-state index is 0.458. The smallest absolute Gasteiger partial charge is 0.301 e. The first-order valence-electron chi connectivity index (χ1n) is 7.77. The van der Waals surface area contributed by atoms with Gasteiger partial charge in [-0.1, -0.05) is 12.1 Å². The van der Waals surface area contributed by atoms with Gasteiger partial charge in [-0.15, -0.1) is 0 Å². The summed E-state index contributed by atoms with van der Waals surface area (Å²) in [4.78, 5) is 11.1. The summed E-state index contributed by atoms with van der Waals surface area (Å²) in [5.41, 5.74) is 8.57. The van der Waals surface area contributed by atoms with Crippen molar-refractivity contribution >= 4 is 22.4 Å². The number of ether oxygens (including phenoxy) is 2. The Morgan fingerprint density at radius 1 is 1.17 bits per heavy atom. The molecule has 0 bridgehead atoms. The minimum absolute atomic E-state index is 0.458. The first kappa shape index (κ1) is 14.2. The molecule has 0 saturated carbocycles. The third-order valence-electron chi connectivity index (χ3n) is 4.10. The van der Waals surface area contributed by atoms with Crippen molar-refractivity contribution in [2.45, 2.75) is 0 Å². The van der Waals surface area contributed by atoms with Crippen LogP contribution in [0.1, 0.15) is 0 Å². The molecule has 1 aromatic carbocycles. The summed E-state index contributed by atoms with van der Waals surface area (Å²) >= 11 is 0. The van der Waals surface area contributed by atoms with Gasteiger partial charge in [0.25, 0.3) is 0 Å². The lowest BCUT2D eigenvalue weighted by Crippen LogP contribution is -2.38. The second-order valence-corrected chi connectivity index (χ2v) is 5.55. The normalized spacial score (nSPS) is 16.2. The van der Waals surface area contributed by atoms with Gasteiger partial charge in [0.05, 0.1) is 30.4 Å². The molecule has 23 heavy (non-hydrogen) atoms. The Hall–Kier alpha value is -2.38. The lowest BCUT2D eigenvalue weighted by Gasteiger charge is -2.26. The fourth-order valence-electron chi connectivity index (χ4n) is 2.88. The summed E-state index contributed by atoms with van der Waals surface area (Å²) in [6.45, 7) is 4.92. The fourth-order valence-corrected chi connectivity index (χ4v) is 2.88. The maximum atomic E-state index is 6.03. The lowest BCUT2D eigenvalue weighted by atomic mass is 10.3. The predicted molar refractivity (Wildman–Crippen MR) is 87.7 cm³/mol. The first-order chi connectivity index (χ1) is 11.3. The average molecular weight is 313 g/mol. The number of aromatic nitrogens is 3. The Labute approximate surface area is 133 Å². The van der Waals surface area contributed by atoms with Gasteiger partial charge in [-0.05, 0) is 12.1 Å². The second-order valence-electron chi connectivity index (χ2n) is 5.55. The SMILES string of the molecule is Nc1nc2ccccc2n2c(OCCN3CCOCC3)ncc12. The van der Waals surface area contributed by atoms with E-state index in [-0.39, 0.29) is 0 Å². The molecule has 7 nitrogen and oxygen atoms in total. The molecule has 0 atom stereocenters. The Balaban J connectivity index is 1.59. The number of anilines is 1. The molecule has 3 heterocycles. The van der Waals surface area contributed by atoms with Gasteiger partial charge in [-0.2, -0.15) is 0 Å². The Bertz CT molecular complexity index is 826. The largest absolute Gasteiger partial charge is 0.463 e. The number of nitrogens with zero attached hydrogens (tertiary/aromatic N) is 4. The van der Waals surface area contributed by atoms with Crippen LogP contribution in [-0.4, -0.2) is 58.7 Å². The number of hydrogen-bond acceptors (Lipinski definition) is 6. The van der Waals surface area contributed by atoms with Crippen molar-refractivity contribution in [2.75, 3.05) is 45.2 Å². The number of morpholine rings is 1. The molecule has 4 rings (SSSR count). The highest BCUT2D eigenvalue weighted by molar-refractivity contribution is 5.84. The minimum Gasteiger partial charge on any atom is -0.463 e. The first-order valence-corrected chi connectivity index (χ1v) is 7.77. The molecule has 0 aliphatic carbocycles. The average Bonchev–Trinajstić information content (AvgIpc) is 3.01. The van der Waals surface area contributed by atoms with Crippen molar-refractivity contribution in [1.82, 2.24) is 19.3 Å². The van der Waals surface area contributed by atoms with E-state index in [1.807, 2.05) is 28.7 Å². The summed E-state index contributed by atoms with van der Waals surface area (Å²) in [5, 5.41) is 0. The van der Waals surface area contributed by atoms with Gasteiger partial charge in [0.1, 0.15) is 17.9 Å². The van der Waals surface area contributed by atoms with Crippen molar-refractivity contribution in [2.24, 2.45) is 0 Å². The molecule has 1 saturated heterocycles.